The van der Waals surface area contributed by atoms with Gasteiger partial charge < -0.3 is 10.2 Å². The molecule has 3 heteroatoms. The van der Waals surface area contributed by atoms with Crippen molar-refractivity contribution in [3.63, 3.8) is 0 Å². The molecule has 0 fully saturated rings. The molecule has 2 nitrogen and oxygen atoms in total. The van der Waals surface area contributed by atoms with E-state index in [0.717, 1.165) is 11.1 Å². The molecule has 0 saturated carbocycles. The van der Waals surface area contributed by atoms with Crippen LogP contribution in [0, 0.1) is 0 Å². The van der Waals surface area contributed by atoms with Gasteiger partial charge in [0.05, 0.1) is 12.2 Å². The van der Waals surface area contributed by atoms with Crippen LogP contribution < -0.4 is 0 Å². The third-order valence-corrected chi connectivity index (χ3v) is 2.34. The first-order valence-corrected chi connectivity index (χ1v) is 5.40. The molecule has 0 unspecified atom stereocenters. The summed E-state index contributed by atoms with van der Waals surface area (Å²) in [5.41, 5.74) is 1.98. The molecule has 2 rings (SSSR count). The van der Waals surface area contributed by atoms with E-state index in [9.17, 15) is 0 Å². The van der Waals surface area contributed by atoms with E-state index < -0.39 is 0 Å². The van der Waals surface area contributed by atoms with Crippen molar-refractivity contribution in [3.8, 4) is 0 Å². The van der Waals surface area contributed by atoms with Gasteiger partial charge in [-0.1, -0.05) is 0 Å². The fourth-order valence-corrected chi connectivity index (χ4v) is 1.33. The Labute approximate surface area is 113 Å². The van der Waals surface area contributed by atoms with E-state index in [-0.39, 0.29) is 29.3 Å². The van der Waals surface area contributed by atoms with Gasteiger partial charge >= 0.3 is 17.1 Å². The molecule has 2 atom stereocenters. The molecule has 0 radical (unpaired) electrons. The Morgan fingerprint density at radius 3 is 1.35 bits per heavy atom. The Balaban J connectivity index is 0.000000284. The predicted octanol–water partition coefficient (Wildman–Crippen LogP) is 2.92. The molecule has 0 bridgehead atoms. The van der Waals surface area contributed by atoms with Crippen LogP contribution in [0.15, 0.2) is 48.5 Å². The smallest absolute Gasteiger partial charge is 0.391 e. The van der Waals surface area contributed by atoms with Crippen LogP contribution in [0.1, 0.15) is 37.2 Å². The van der Waals surface area contributed by atoms with Crippen molar-refractivity contribution in [2.45, 2.75) is 26.1 Å². The molecule has 2 N–H and O–H groups in total. The van der Waals surface area contributed by atoms with E-state index in [1.165, 1.54) is 0 Å². The molecule has 2 aromatic rings. The maximum absolute atomic E-state index is 8.91. The van der Waals surface area contributed by atoms with E-state index in [4.69, 9.17) is 10.2 Å². The van der Waals surface area contributed by atoms with Crippen LogP contribution in [0.5, 0.6) is 0 Å². The van der Waals surface area contributed by atoms with Gasteiger partial charge in [-0.2, -0.15) is 24.3 Å². The molecule has 94 valence electrons. The van der Waals surface area contributed by atoms with Crippen molar-refractivity contribution in [2.24, 2.45) is 0 Å². The van der Waals surface area contributed by atoms with Crippen LogP contribution in [-0.2, 0) is 17.1 Å². The van der Waals surface area contributed by atoms with Crippen molar-refractivity contribution in [1.82, 2.24) is 0 Å². The topological polar surface area (TPSA) is 40.5 Å². The van der Waals surface area contributed by atoms with Crippen molar-refractivity contribution in [2.75, 3.05) is 0 Å². The molecular formula is C14H18FeO2. The second kappa shape index (κ2) is 8.26. The quantitative estimate of drug-likeness (QED) is 0.653. The normalized spacial score (nSPS) is 12.9. The van der Waals surface area contributed by atoms with Crippen LogP contribution in [0.2, 0.25) is 0 Å². The molecule has 0 saturated heterocycles. The second-order valence-electron chi connectivity index (χ2n) is 3.79. The molecule has 2 aromatic carbocycles. The number of hydrogen-bond acceptors (Lipinski definition) is 2. The summed E-state index contributed by atoms with van der Waals surface area (Å²) in [5.74, 6) is 0. The largest absolute Gasteiger partial charge is 2.00 e. The average molecular weight is 274 g/mol. The van der Waals surface area contributed by atoms with Crippen LogP contribution >= 0.6 is 0 Å². The van der Waals surface area contributed by atoms with Gasteiger partial charge in [-0.25, -0.2) is 24.3 Å². The summed E-state index contributed by atoms with van der Waals surface area (Å²) in [6, 6.07) is 15.3. The second-order valence-corrected chi connectivity index (χ2v) is 3.79. The van der Waals surface area contributed by atoms with Crippen LogP contribution in [0.3, 0.4) is 0 Å². The minimum atomic E-state index is -0.315. The first-order chi connectivity index (χ1) is 7.61. The van der Waals surface area contributed by atoms with Gasteiger partial charge in [-0.15, -0.1) is 11.1 Å². The third kappa shape index (κ3) is 5.85. The predicted molar refractivity (Wildman–Crippen MR) is 65.3 cm³/mol. The Bertz CT molecular complexity index is 323. The van der Waals surface area contributed by atoms with E-state index in [1.54, 1.807) is 13.8 Å². The van der Waals surface area contributed by atoms with E-state index in [1.807, 2.05) is 48.5 Å². The van der Waals surface area contributed by atoms with Gasteiger partial charge in [0.2, 0.25) is 0 Å². The van der Waals surface area contributed by atoms with E-state index in [2.05, 4.69) is 0 Å². The van der Waals surface area contributed by atoms with Gasteiger partial charge in [0.1, 0.15) is 0 Å². The van der Waals surface area contributed by atoms with E-state index in [0.29, 0.717) is 0 Å². The maximum Gasteiger partial charge on any atom is 2.00 e. The Morgan fingerprint density at radius 1 is 0.882 bits per heavy atom. The monoisotopic (exact) mass is 274 g/mol. The van der Waals surface area contributed by atoms with Gasteiger partial charge in [0.25, 0.3) is 0 Å². The van der Waals surface area contributed by atoms with Crippen molar-refractivity contribution in [1.29, 1.82) is 0 Å². The van der Waals surface area contributed by atoms with Gasteiger partial charge in [-0.05, 0) is 13.8 Å². The van der Waals surface area contributed by atoms with Gasteiger partial charge in [0.15, 0.2) is 0 Å². The van der Waals surface area contributed by atoms with Gasteiger partial charge in [-0.3, -0.25) is 0 Å². The van der Waals surface area contributed by atoms with Crippen molar-refractivity contribution in [3.05, 3.63) is 59.7 Å². The minimum absolute atomic E-state index is 0. The zero-order valence-corrected chi connectivity index (χ0v) is 11.1. The molecule has 0 spiro atoms. The SMILES string of the molecule is C[C@H](O)c1ccc[cH-]1.C[C@H](O)c1ccc[cH-]1.[Fe+2]. The van der Waals surface area contributed by atoms with Crippen molar-refractivity contribution < 1.29 is 27.3 Å². The molecule has 0 aliphatic rings. The molecular weight excluding hydrogens is 256 g/mol. The number of aliphatic hydroxyl groups excluding tert-OH is 2. The molecule has 0 amide bonds. The summed E-state index contributed by atoms with van der Waals surface area (Å²) in [5, 5.41) is 17.8. The van der Waals surface area contributed by atoms with Crippen LogP contribution in [0.25, 0.3) is 0 Å². The summed E-state index contributed by atoms with van der Waals surface area (Å²) >= 11 is 0. The molecule has 0 aliphatic heterocycles. The zero-order chi connectivity index (χ0) is 12.0. The fourth-order valence-electron chi connectivity index (χ4n) is 1.33. The maximum atomic E-state index is 8.91. The summed E-state index contributed by atoms with van der Waals surface area (Å²) in [6.07, 6.45) is -0.630. The zero-order valence-electron chi connectivity index (χ0n) is 10.0. The Hall–Kier alpha value is -0.861. The van der Waals surface area contributed by atoms with Gasteiger partial charge in [0, 0.05) is 0 Å². The first-order valence-electron chi connectivity index (χ1n) is 5.40. The molecule has 17 heavy (non-hydrogen) atoms. The van der Waals surface area contributed by atoms with E-state index >= 15 is 0 Å². The number of hydrogen-bond donors (Lipinski definition) is 2. The number of rotatable bonds is 2. The molecule has 0 heterocycles. The first kappa shape index (κ1) is 16.1. The minimum Gasteiger partial charge on any atom is -0.391 e. The summed E-state index contributed by atoms with van der Waals surface area (Å²) in [6.45, 7) is 3.52. The van der Waals surface area contributed by atoms with Crippen molar-refractivity contribution >= 4 is 0 Å². The summed E-state index contributed by atoms with van der Waals surface area (Å²) in [4.78, 5) is 0. The van der Waals surface area contributed by atoms with Crippen LogP contribution in [0.4, 0.5) is 0 Å². The summed E-state index contributed by atoms with van der Waals surface area (Å²) in [7, 11) is 0. The Morgan fingerprint density at radius 2 is 1.24 bits per heavy atom. The van der Waals surface area contributed by atoms with Crippen LogP contribution in [-0.4, -0.2) is 10.2 Å². The molecule has 0 aromatic heterocycles. The average Bonchev–Trinajstić information content (AvgIpc) is 2.93. The number of aliphatic hydroxyl groups is 2. The molecule has 0 aliphatic carbocycles. The Kier molecular flexibility index (Phi) is 7.84. The summed E-state index contributed by atoms with van der Waals surface area (Å²) < 4.78 is 0. The standard InChI is InChI=1S/2C7H9O.Fe/c2*1-6(8)7-4-2-3-5-7;/h2*2-6,8H,1H3;/q2*-1;+2/t2*6-;/m00./s1. The third-order valence-electron chi connectivity index (χ3n) is 2.34. The fraction of sp³-hybridized carbons (Fsp3) is 0.286.